The summed E-state index contributed by atoms with van der Waals surface area (Å²) in [5.41, 5.74) is 1.02. The minimum atomic E-state index is -3.84. The highest BCUT2D eigenvalue weighted by atomic mass is 32.2. The zero-order chi connectivity index (χ0) is 19.4. The second-order valence-corrected chi connectivity index (χ2v) is 8.15. The van der Waals surface area contributed by atoms with Crippen LogP contribution in [-0.4, -0.2) is 24.3 Å². The maximum absolute atomic E-state index is 12.7. The van der Waals surface area contributed by atoms with E-state index >= 15 is 0 Å². The summed E-state index contributed by atoms with van der Waals surface area (Å²) in [6.07, 6.45) is 0. The minimum absolute atomic E-state index is 0.0610. The molecule has 140 valence electrons. The summed E-state index contributed by atoms with van der Waals surface area (Å²) in [6, 6.07) is 19.0. The molecular formula is C19H16NO5S2-. The van der Waals surface area contributed by atoms with Crippen molar-refractivity contribution >= 4 is 26.8 Å². The first-order valence-electron chi connectivity index (χ1n) is 7.87. The highest BCUT2D eigenvalue weighted by Crippen LogP contribution is 2.36. The van der Waals surface area contributed by atoms with Crippen molar-refractivity contribution in [1.82, 2.24) is 0 Å². The molecule has 0 amide bonds. The second kappa shape index (κ2) is 7.91. The zero-order valence-electron chi connectivity index (χ0n) is 14.3. The van der Waals surface area contributed by atoms with E-state index in [1.165, 1.54) is 25.3 Å². The van der Waals surface area contributed by atoms with Crippen LogP contribution < -0.4 is 9.46 Å². The molecule has 8 heteroatoms. The van der Waals surface area contributed by atoms with Gasteiger partial charge in [0.1, 0.15) is 5.75 Å². The van der Waals surface area contributed by atoms with Crippen LogP contribution in [0.1, 0.15) is 0 Å². The molecule has 0 bridgehead atoms. The Morgan fingerprint density at radius 3 is 2.26 bits per heavy atom. The summed E-state index contributed by atoms with van der Waals surface area (Å²) < 4.78 is 56.3. The van der Waals surface area contributed by atoms with Crippen molar-refractivity contribution in [2.45, 2.75) is 9.79 Å². The van der Waals surface area contributed by atoms with E-state index < -0.39 is 21.1 Å². The van der Waals surface area contributed by atoms with Crippen molar-refractivity contribution in [1.29, 1.82) is 0 Å². The largest absolute Gasteiger partial charge is 0.768 e. The molecular weight excluding hydrogens is 386 g/mol. The van der Waals surface area contributed by atoms with E-state index in [4.69, 9.17) is 4.74 Å². The molecule has 0 fully saturated rings. The van der Waals surface area contributed by atoms with Gasteiger partial charge in [-0.3, -0.25) is 8.93 Å². The topological polar surface area (TPSA) is 95.5 Å². The molecule has 0 heterocycles. The van der Waals surface area contributed by atoms with Crippen molar-refractivity contribution in [3.8, 4) is 16.9 Å². The van der Waals surface area contributed by atoms with Crippen molar-refractivity contribution in [2.24, 2.45) is 0 Å². The van der Waals surface area contributed by atoms with Gasteiger partial charge in [0, 0.05) is 10.5 Å². The van der Waals surface area contributed by atoms with E-state index in [1.54, 1.807) is 54.6 Å². The van der Waals surface area contributed by atoms with Crippen LogP contribution in [-0.2, 0) is 21.1 Å². The van der Waals surface area contributed by atoms with Gasteiger partial charge >= 0.3 is 0 Å². The van der Waals surface area contributed by atoms with Gasteiger partial charge in [0.15, 0.2) is 0 Å². The summed E-state index contributed by atoms with van der Waals surface area (Å²) in [6.45, 7) is 0. The number of benzene rings is 3. The number of anilines is 1. The van der Waals surface area contributed by atoms with Crippen LogP contribution in [0.2, 0.25) is 0 Å². The summed E-state index contributed by atoms with van der Waals surface area (Å²) >= 11 is -2.48. The fraction of sp³-hybridized carbons (Fsp3) is 0.0526. The highest BCUT2D eigenvalue weighted by Gasteiger charge is 2.18. The van der Waals surface area contributed by atoms with Crippen LogP contribution in [0.15, 0.2) is 82.6 Å². The maximum atomic E-state index is 12.7. The van der Waals surface area contributed by atoms with Crippen LogP contribution >= 0.6 is 0 Å². The number of sulfonamides is 1. The molecule has 3 aromatic rings. The molecule has 0 saturated heterocycles. The Bertz CT molecular complexity index is 1080. The molecule has 6 nitrogen and oxygen atoms in total. The van der Waals surface area contributed by atoms with Gasteiger partial charge in [-0.1, -0.05) is 36.4 Å². The molecule has 0 aromatic heterocycles. The molecule has 3 aromatic carbocycles. The van der Waals surface area contributed by atoms with Crippen LogP contribution in [0.4, 0.5) is 5.69 Å². The molecule has 1 N–H and O–H groups in total. The predicted molar refractivity (Wildman–Crippen MR) is 103 cm³/mol. The first kappa shape index (κ1) is 19.1. The fourth-order valence-corrected chi connectivity index (χ4v) is 4.25. The van der Waals surface area contributed by atoms with E-state index in [0.717, 1.165) is 0 Å². The van der Waals surface area contributed by atoms with Gasteiger partial charge in [0.25, 0.3) is 10.0 Å². The monoisotopic (exact) mass is 402 g/mol. The Balaban J connectivity index is 2.14. The normalized spacial score (nSPS) is 12.4. The standard InChI is InChI=1S/C19H17NO5S2/c1-25-14-11-12-18(20-27(23,24)15-7-3-2-4-8-15)17(13-14)16-9-5-6-10-19(16)26(21)22/h2-13,20H,1H3,(H,21,22)/p-1. The lowest BCUT2D eigenvalue weighted by Gasteiger charge is -2.17. The van der Waals surface area contributed by atoms with Crippen molar-refractivity contribution in [3.05, 3.63) is 72.8 Å². The van der Waals surface area contributed by atoms with E-state index in [9.17, 15) is 17.2 Å². The Kier molecular flexibility index (Phi) is 5.59. The maximum Gasteiger partial charge on any atom is 0.261 e. The van der Waals surface area contributed by atoms with Gasteiger partial charge < -0.3 is 9.29 Å². The van der Waals surface area contributed by atoms with E-state index in [1.807, 2.05) is 0 Å². The lowest BCUT2D eigenvalue weighted by molar-refractivity contribution is 0.415. The molecule has 1 atom stereocenters. The van der Waals surface area contributed by atoms with Gasteiger partial charge in [-0.05, 0) is 53.0 Å². The van der Waals surface area contributed by atoms with E-state index in [2.05, 4.69) is 4.72 Å². The lowest BCUT2D eigenvalue weighted by Crippen LogP contribution is -2.13. The smallest absolute Gasteiger partial charge is 0.261 e. The fourth-order valence-electron chi connectivity index (χ4n) is 2.60. The first-order chi connectivity index (χ1) is 12.9. The van der Waals surface area contributed by atoms with Gasteiger partial charge in [-0.15, -0.1) is 0 Å². The molecule has 27 heavy (non-hydrogen) atoms. The number of hydrogen-bond donors (Lipinski definition) is 1. The summed E-state index contributed by atoms with van der Waals surface area (Å²) in [5, 5.41) is 0. The molecule has 3 rings (SSSR count). The number of nitrogens with one attached hydrogen (secondary N) is 1. The Morgan fingerprint density at radius 2 is 1.59 bits per heavy atom. The van der Waals surface area contributed by atoms with Crippen molar-refractivity contribution in [3.63, 3.8) is 0 Å². The molecule has 0 saturated carbocycles. The molecule has 0 spiro atoms. The zero-order valence-corrected chi connectivity index (χ0v) is 15.9. The molecule has 0 aliphatic rings. The van der Waals surface area contributed by atoms with Crippen LogP contribution in [0.5, 0.6) is 5.75 Å². The lowest BCUT2D eigenvalue weighted by atomic mass is 10.0. The van der Waals surface area contributed by atoms with Crippen LogP contribution in [0, 0.1) is 0 Å². The van der Waals surface area contributed by atoms with Crippen molar-refractivity contribution < 1.29 is 21.9 Å². The SMILES string of the molecule is COc1ccc(NS(=O)(=O)c2ccccc2)c(-c2ccccc2S(=O)[O-])c1. The number of ether oxygens (including phenoxy) is 1. The van der Waals surface area contributed by atoms with Crippen molar-refractivity contribution in [2.75, 3.05) is 11.8 Å². The average Bonchev–Trinajstić information content (AvgIpc) is 2.68. The number of hydrogen-bond acceptors (Lipinski definition) is 5. The summed E-state index contributed by atoms with van der Waals surface area (Å²) in [7, 11) is -2.36. The first-order valence-corrected chi connectivity index (χ1v) is 10.4. The molecule has 0 aliphatic heterocycles. The molecule has 1 unspecified atom stereocenters. The van der Waals surface area contributed by atoms with E-state index in [0.29, 0.717) is 16.9 Å². The highest BCUT2D eigenvalue weighted by molar-refractivity contribution is 7.92. The average molecular weight is 402 g/mol. The summed E-state index contributed by atoms with van der Waals surface area (Å²) in [5.74, 6) is 0.471. The van der Waals surface area contributed by atoms with Gasteiger partial charge in [-0.25, -0.2) is 8.42 Å². The number of rotatable bonds is 6. The van der Waals surface area contributed by atoms with Gasteiger partial charge in [0.2, 0.25) is 0 Å². The Labute approximate surface area is 160 Å². The second-order valence-electron chi connectivity index (χ2n) is 5.56. The van der Waals surface area contributed by atoms with Gasteiger partial charge in [0.05, 0.1) is 17.7 Å². The third-order valence-corrected chi connectivity index (χ3v) is 5.98. The van der Waals surface area contributed by atoms with Gasteiger partial charge in [-0.2, -0.15) is 0 Å². The molecule has 0 aliphatic carbocycles. The molecule has 0 radical (unpaired) electrons. The number of methoxy groups -OCH3 is 1. The van der Waals surface area contributed by atoms with Crippen LogP contribution in [0.25, 0.3) is 11.1 Å². The third-order valence-electron chi connectivity index (χ3n) is 3.88. The Morgan fingerprint density at radius 1 is 0.926 bits per heavy atom. The predicted octanol–water partition coefficient (Wildman–Crippen LogP) is 3.40. The Hall–Kier alpha value is -2.68. The van der Waals surface area contributed by atoms with E-state index in [-0.39, 0.29) is 15.5 Å². The van der Waals surface area contributed by atoms with Crippen LogP contribution in [0.3, 0.4) is 0 Å². The quantitative estimate of drug-likeness (QED) is 0.638. The minimum Gasteiger partial charge on any atom is -0.768 e. The third kappa shape index (κ3) is 4.19. The summed E-state index contributed by atoms with van der Waals surface area (Å²) in [4.78, 5) is 0.165.